The molecule has 1 aromatic rings. The van der Waals surface area contributed by atoms with Gasteiger partial charge >= 0.3 is 0 Å². The molecule has 13 heavy (non-hydrogen) atoms. The standard InChI is InChI=1S/C12H15Cl/c1-9(13)10-3-5-11(6-4-10)12(2)7-8-12/h3-6,9H,7-8H2,1-2H3. The van der Waals surface area contributed by atoms with Gasteiger partial charge in [0.1, 0.15) is 0 Å². The summed E-state index contributed by atoms with van der Waals surface area (Å²) in [6, 6.07) is 8.75. The third kappa shape index (κ3) is 1.73. The molecule has 0 spiro atoms. The van der Waals surface area contributed by atoms with E-state index in [1.165, 1.54) is 24.0 Å². The minimum absolute atomic E-state index is 0.126. The van der Waals surface area contributed by atoms with Crippen molar-refractivity contribution in [3.05, 3.63) is 35.4 Å². The van der Waals surface area contributed by atoms with E-state index in [9.17, 15) is 0 Å². The Morgan fingerprint density at radius 2 is 1.77 bits per heavy atom. The fourth-order valence-corrected chi connectivity index (χ4v) is 1.77. The van der Waals surface area contributed by atoms with Crippen LogP contribution >= 0.6 is 11.6 Å². The van der Waals surface area contributed by atoms with Crippen LogP contribution in [0.25, 0.3) is 0 Å². The first kappa shape index (κ1) is 9.08. The summed E-state index contributed by atoms with van der Waals surface area (Å²) in [6.45, 7) is 4.33. The zero-order valence-corrected chi connectivity index (χ0v) is 8.93. The van der Waals surface area contributed by atoms with Crippen LogP contribution in [0.5, 0.6) is 0 Å². The zero-order chi connectivity index (χ0) is 9.47. The van der Waals surface area contributed by atoms with Gasteiger partial charge in [0.2, 0.25) is 0 Å². The fraction of sp³-hybridized carbons (Fsp3) is 0.500. The highest BCUT2D eigenvalue weighted by atomic mass is 35.5. The molecular weight excluding hydrogens is 180 g/mol. The quantitative estimate of drug-likeness (QED) is 0.624. The summed E-state index contributed by atoms with van der Waals surface area (Å²) in [4.78, 5) is 0. The predicted molar refractivity (Wildman–Crippen MR) is 57.3 cm³/mol. The molecule has 70 valence electrons. The average Bonchev–Trinajstić information content (AvgIpc) is 2.85. The number of hydrogen-bond acceptors (Lipinski definition) is 0. The lowest BCUT2D eigenvalue weighted by Crippen LogP contribution is -1.99. The van der Waals surface area contributed by atoms with E-state index >= 15 is 0 Å². The second kappa shape index (κ2) is 3.02. The molecule has 0 aromatic heterocycles. The van der Waals surface area contributed by atoms with E-state index < -0.39 is 0 Å². The van der Waals surface area contributed by atoms with E-state index in [1.54, 1.807) is 0 Å². The molecule has 1 saturated carbocycles. The van der Waals surface area contributed by atoms with E-state index in [1.807, 2.05) is 6.92 Å². The highest BCUT2D eigenvalue weighted by molar-refractivity contribution is 6.20. The molecule has 0 nitrogen and oxygen atoms in total. The molecule has 0 bridgehead atoms. The Labute approximate surface area is 84.9 Å². The Bertz CT molecular complexity index is 293. The van der Waals surface area contributed by atoms with Crippen LogP contribution in [0.4, 0.5) is 0 Å². The Kier molecular flexibility index (Phi) is 2.11. The van der Waals surface area contributed by atoms with Gasteiger partial charge in [-0.2, -0.15) is 0 Å². The van der Waals surface area contributed by atoms with Crippen molar-refractivity contribution in [3.63, 3.8) is 0 Å². The minimum atomic E-state index is 0.126. The molecule has 0 radical (unpaired) electrons. The van der Waals surface area contributed by atoms with E-state index in [0.29, 0.717) is 5.41 Å². The van der Waals surface area contributed by atoms with Gasteiger partial charge < -0.3 is 0 Å². The smallest absolute Gasteiger partial charge is 0.0557 e. The van der Waals surface area contributed by atoms with Gasteiger partial charge in [0, 0.05) is 0 Å². The highest BCUT2D eigenvalue weighted by Crippen LogP contribution is 2.47. The molecule has 1 unspecified atom stereocenters. The fourth-order valence-electron chi connectivity index (χ4n) is 1.63. The Morgan fingerprint density at radius 3 is 2.15 bits per heavy atom. The third-order valence-corrected chi connectivity index (χ3v) is 3.32. The largest absolute Gasteiger partial charge is 0.118 e. The van der Waals surface area contributed by atoms with E-state index in [4.69, 9.17) is 11.6 Å². The molecule has 0 aliphatic heterocycles. The van der Waals surface area contributed by atoms with E-state index in [0.717, 1.165) is 0 Å². The number of rotatable bonds is 2. The monoisotopic (exact) mass is 194 g/mol. The van der Waals surface area contributed by atoms with Crippen LogP contribution < -0.4 is 0 Å². The lowest BCUT2D eigenvalue weighted by Gasteiger charge is -2.10. The van der Waals surface area contributed by atoms with Crippen LogP contribution in [-0.4, -0.2) is 0 Å². The molecule has 0 saturated heterocycles. The van der Waals surface area contributed by atoms with Crippen LogP contribution in [0.1, 0.15) is 43.2 Å². The topological polar surface area (TPSA) is 0 Å². The van der Waals surface area contributed by atoms with Crippen molar-refractivity contribution in [1.82, 2.24) is 0 Å². The average molecular weight is 195 g/mol. The van der Waals surface area contributed by atoms with Gasteiger partial charge in [-0.05, 0) is 36.3 Å². The highest BCUT2D eigenvalue weighted by Gasteiger charge is 2.38. The molecule has 1 aliphatic rings. The molecule has 1 heteroatoms. The first-order valence-corrected chi connectivity index (χ1v) is 5.30. The molecule has 2 rings (SSSR count). The lowest BCUT2D eigenvalue weighted by atomic mass is 9.97. The minimum Gasteiger partial charge on any atom is -0.118 e. The van der Waals surface area contributed by atoms with Gasteiger partial charge in [0.15, 0.2) is 0 Å². The van der Waals surface area contributed by atoms with Crippen molar-refractivity contribution in [3.8, 4) is 0 Å². The van der Waals surface area contributed by atoms with Gasteiger partial charge in [-0.25, -0.2) is 0 Å². The molecule has 0 heterocycles. The first-order chi connectivity index (χ1) is 6.12. The molecule has 1 fully saturated rings. The van der Waals surface area contributed by atoms with Gasteiger partial charge in [-0.15, -0.1) is 11.6 Å². The van der Waals surface area contributed by atoms with Crippen molar-refractivity contribution < 1.29 is 0 Å². The van der Waals surface area contributed by atoms with Crippen LogP contribution in [0.3, 0.4) is 0 Å². The number of halogens is 1. The Morgan fingerprint density at radius 1 is 1.23 bits per heavy atom. The van der Waals surface area contributed by atoms with Gasteiger partial charge in [-0.3, -0.25) is 0 Å². The SMILES string of the molecule is CC(Cl)c1ccc(C2(C)CC2)cc1. The van der Waals surface area contributed by atoms with Crippen molar-refractivity contribution in [2.75, 3.05) is 0 Å². The van der Waals surface area contributed by atoms with Gasteiger partial charge in [0.05, 0.1) is 5.38 Å². The first-order valence-electron chi connectivity index (χ1n) is 4.86. The van der Waals surface area contributed by atoms with Gasteiger partial charge in [0.25, 0.3) is 0 Å². The van der Waals surface area contributed by atoms with Crippen LogP contribution in [0, 0.1) is 0 Å². The maximum absolute atomic E-state index is 5.99. The maximum Gasteiger partial charge on any atom is 0.0557 e. The summed E-state index contributed by atoms with van der Waals surface area (Å²) < 4.78 is 0. The van der Waals surface area contributed by atoms with Crippen molar-refractivity contribution in [2.24, 2.45) is 0 Å². The second-order valence-corrected chi connectivity index (χ2v) is 4.95. The summed E-state index contributed by atoms with van der Waals surface area (Å²) in [6.07, 6.45) is 2.67. The van der Waals surface area contributed by atoms with Crippen LogP contribution in [0.15, 0.2) is 24.3 Å². The lowest BCUT2D eigenvalue weighted by molar-refractivity contribution is 0.786. The molecule has 1 aliphatic carbocycles. The maximum atomic E-state index is 5.99. The van der Waals surface area contributed by atoms with Crippen molar-refractivity contribution >= 4 is 11.6 Å². The second-order valence-electron chi connectivity index (χ2n) is 4.30. The van der Waals surface area contributed by atoms with Crippen LogP contribution in [-0.2, 0) is 5.41 Å². The number of benzene rings is 1. The molecular formula is C12H15Cl. The summed E-state index contributed by atoms with van der Waals surface area (Å²) in [5.41, 5.74) is 3.16. The summed E-state index contributed by atoms with van der Waals surface area (Å²) in [5, 5.41) is 0.126. The Hall–Kier alpha value is -0.490. The molecule has 1 atom stereocenters. The number of hydrogen-bond donors (Lipinski definition) is 0. The molecule has 0 N–H and O–H groups in total. The zero-order valence-electron chi connectivity index (χ0n) is 8.18. The van der Waals surface area contributed by atoms with Crippen LogP contribution in [0.2, 0.25) is 0 Å². The normalized spacial score (nSPS) is 21.2. The predicted octanol–water partition coefficient (Wildman–Crippen LogP) is 4.04. The Balaban J connectivity index is 2.24. The van der Waals surface area contributed by atoms with E-state index in [2.05, 4.69) is 31.2 Å². The number of alkyl halides is 1. The summed E-state index contributed by atoms with van der Waals surface area (Å²) in [7, 11) is 0. The van der Waals surface area contributed by atoms with Crippen molar-refractivity contribution in [2.45, 2.75) is 37.5 Å². The van der Waals surface area contributed by atoms with Crippen molar-refractivity contribution in [1.29, 1.82) is 0 Å². The van der Waals surface area contributed by atoms with E-state index in [-0.39, 0.29) is 5.38 Å². The molecule has 0 amide bonds. The third-order valence-electron chi connectivity index (χ3n) is 3.07. The van der Waals surface area contributed by atoms with Gasteiger partial charge in [-0.1, -0.05) is 31.2 Å². The molecule has 1 aromatic carbocycles. The summed E-state index contributed by atoms with van der Waals surface area (Å²) >= 11 is 5.99. The summed E-state index contributed by atoms with van der Waals surface area (Å²) in [5.74, 6) is 0.